The molecule has 2 aromatic heterocycles. The number of aromatic nitrogens is 3. The number of pyridine rings is 1. The van der Waals surface area contributed by atoms with Gasteiger partial charge in [-0.2, -0.15) is 5.10 Å². The van der Waals surface area contributed by atoms with Crippen LogP contribution in [0.2, 0.25) is 0 Å². The fourth-order valence-corrected chi connectivity index (χ4v) is 3.72. The summed E-state index contributed by atoms with van der Waals surface area (Å²) in [5.74, 6) is 1.52. The summed E-state index contributed by atoms with van der Waals surface area (Å²) in [6.45, 7) is 6.54. The highest BCUT2D eigenvalue weighted by Crippen LogP contribution is 2.22. The van der Waals surface area contributed by atoms with Crippen LogP contribution in [0.5, 0.6) is 5.88 Å². The number of halogens is 1. The Kier molecular flexibility index (Phi) is 10.4. The molecule has 1 aliphatic rings. The van der Waals surface area contributed by atoms with Crippen LogP contribution in [0.3, 0.4) is 0 Å². The predicted octanol–water partition coefficient (Wildman–Crippen LogP) is 3.98. The molecule has 1 aliphatic carbocycles. The molecule has 8 heteroatoms. The van der Waals surface area contributed by atoms with Crippen LogP contribution in [0, 0.1) is 13.8 Å². The van der Waals surface area contributed by atoms with Crippen LogP contribution in [0.25, 0.3) is 0 Å². The van der Waals surface area contributed by atoms with Crippen molar-refractivity contribution in [1.82, 2.24) is 25.4 Å². The maximum atomic E-state index is 6.07. The van der Waals surface area contributed by atoms with Gasteiger partial charge in [-0.15, -0.1) is 24.0 Å². The summed E-state index contributed by atoms with van der Waals surface area (Å²) in [5.41, 5.74) is 3.41. The first-order valence-corrected chi connectivity index (χ1v) is 10.7. The maximum Gasteiger partial charge on any atom is 0.213 e. The molecule has 2 aromatic rings. The first kappa shape index (κ1) is 24.4. The Morgan fingerprint density at radius 3 is 2.70 bits per heavy atom. The van der Waals surface area contributed by atoms with E-state index in [1.165, 1.54) is 25.0 Å². The van der Waals surface area contributed by atoms with E-state index in [2.05, 4.69) is 43.4 Å². The lowest BCUT2D eigenvalue weighted by atomic mass is 9.98. The Balaban J connectivity index is 0.00000320. The van der Waals surface area contributed by atoms with Gasteiger partial charge >= 0.3 is 0 Å². The van der Waals surface area contributed by atoms with E-state index in [1.807, 2.05) is 25.3 Å². The topological polar surface area (TPSA) is 76.4 Å². The molecular weight excluding hydrogens is 491 g/mol. The predicted molar refractivity (Wildman–Crippen MR) is 132 cm³/mol. The minimum atomic E-state index is 0. The Hall–Kier alpha value is -1.84. The van der Waals surface area contributed by atoms with Gasteiger partial charge in [0, 0.05) is 44.6 Å². The van der Waals surface area contributed by atoms with Crippen molar-refractivity contribution in [2.75, 3.05) is 13.6 Å². The largest absolute Gasteiger partial charge is 0.474 e. The molecule has 0 aromatic carbocycles. The Labute approximate surface area is 197 Å². The van der Waals surface area contributed by atoms with Crippen molar-refractivity contribution in [2.24, 2.45) is 4.99 Å². The lowest BCUT2D eigenvalue weighted by Crippen LogP contribution is -2.37. The second-order valence-corrected chi connectivity index (χ2v) is 7.74. The van der Waals surface area contributed by atoms with Gasteiger partial charge < -0.3 is 15.4 Å². The Morgan fingerprint density at radius 1 is 1.20 bits per heavy atom. The zero-order valence-electron chi connectivity index (χ0n) is 18.4. The minimum absolute atomic E-state index is 0. The lowest BCUT2D eigenvalue weighted by molar-refractivity contribution is 0.148. The number of rotatable bonds is 8. The monoisotopic (exact) mass is 526 g/mol. The summed E-state index contributed by atoms with van der Waals surface area (Å²) in [7, 11) is 1.79. The number of guanidine groups is 1. The van der Waals surface area contributed by atoms with Crippen LogP contribution in [-0.2, 0) is 13.1 Å². The van der Waals surface area contributed by atoms with E-state index < -0.39 is 0 Å². The minimum Gasteiger partial charge on any atom is -0.474 e. The molecule has 0 atom stereocenters. The van der Waals surface area contributed by atoms with E-state index in [1.54, 1.807) is 7.05 Å². The van der Waals surface area contributed by atoms with Gasteiger partial charge in [-0.3, -0.25) is 9.67 Å². The molecule has 0 saturated heterocycles. The summed E-state index contributed by atoms with van der Waals surface area (Å²) in [5, 5.41) is 11.2. The first-order valence-electron chi connectivity index (χ1n) is 10.7. The van der Waals surface area contributed by atoms with Gasteiger partial charge in [0.25, 0.3) is 0 Å². The molecule has 3 rings (SSSR count). The molecule has 0 amide bonds. The molecule has 7 nitrogen and oxygen atoms in total. The third-order valence-electron chi connectivity index (χ3n) is 5.26. The highest BCUT2D eigenvalue weighted by molar-refractivity contribution is 14.0. The highest BCUT2D eigenvalue weighted by Gasteiger charge is 2.15. The second-order valence-electron chi connectivity index (χ2n) is 7.74. The molecule has 166 valence electrons. The number of hydrogen-bond acceptors (Lipinski definition) is 4. The van der Waals surface area contributed by atoms with Crippen molar-refractivity contribution in [1.29, 1.82) is 0 Å². The summed E-state index contributed by atoms with van der Waals surface area (Å²) in [6, 6.07) is 6.14. The smallest absolute Gasteiger partial charge is 0.213 e. The standard InChI is InChI=1S/C22H34N6O.HI/c1-17-14-18(2)28(27-17)13-7-11-25-22(23-3)26-16-19-10-12-24-21(15-19)29-20-8-5-4-6-9-20;/h10,12,14-15,20H,4-9,11,13,16H2,1-3H3,(H2,23,25,26);1H. The van der Waals surface area contributed by atoms with Gasteiger partial charge in [0.2, 0.25) is 5.88 Å². The lowest BCUT2D eigenvalue weighted by Gasteiger charge is -2.22. The summed E-state index contributed by atoms with van der Waals surface area (Å²) in [4.78, 5) is 8.69. The van der Waals surface area contributed by atoms with Crippen molar-refractivity contribution >= 4 is 29.9 Å². The van der Waals surface area contributed by atoms with E-state index in [9.17, 15) is 0 Å². The molecule has 0 spiro atoms. The van der Waals surface area contributed by atoms with E-state index >= 15 is 0 Å². The van der Waals surface area contributed by atoms with Crippen molar-refractivity contribution in [2.45, 2.75) is 71.6 Å². The number of nitrogens with one attached hydrogen (secondary N) is 2. The molecule has 1 saturated carbocycles. The molecule has 2 heterocycles. The number of hydrogen-bond donors (Lipinski definition) is 2. The molecule has 0 bridgehead atoms. The number of ether oxygens (including phenoxy) is 1. The van der Waals surface area contributed by atoms with Gasteiger partial charge in [0.05, 0.1) is 5.69 Å². The van der Waals surface area contributed by atoms with Crippen LogP contribution in [0.4, 0.5) is 0 Å². The van der Waals surface area contributed by atoms with Crippen molar-refractivity contribution < 1.29 is 4.74 Å². The van der Waals surface area contributed by atoms with E-state index in [-0.39, 0.29) is 24.0 Å². The summed E-state index contributed by atoms with van der Waals surface area (Å²) < 4.78 is 8.12. The normalized spacial score (nSPS) is 14.8. The average Bonchev–Trinajstić information content (AvgIpc) is 3.05. The molecule has 0 unspecified atom stereocenters. The quantitative estimate of drug-likeness (QED) is 0.236. The van der Waals surface area contributed by atoms with E-state index in [0.29, 0.717) is 12.6 Å². The Bertz CT molecular complexity index is 801. The van der Waals surface area contributed by atoms with Crippen LogP contribution in [-0.4, -0.2) is 40.4 Å². The van der Waals surface area contributed by atoms with Crippen molar-refractivity contribution in [3.8, 4) is 5.88 Å². The SMILES string of the molecule is CN=C(NCCCn1nc(C)cc1C)NCc1ccnc(OC2CCCCC2)c1.I. The van der Waals surface area contributed by atoms with Crippen molar-refractivity contribution in [3.05, 3.63) is 41.3 Å². The summed E-state index contributed by atoms with van der Waals surface area (Å²) >= 11 is 0. The van der Waals surface area contributed by atoms with E-state index in [4.69, 9.17) is 4.74 Å². The molecule has 1 fully saturated rings. The van der Waals surface area contributed by atoms with E-state index in [0.717, 1.165) is 55.4 Å². The Morgan fingerprint density at radius 2 is 2.00 bits per heavy atom. The van der Waals surface area contributed by atoms with Gasteiger partial charge in [0.1, 0.15) is 6.10 Å². The molecule has 0 aliphatic heterocycles. The zero-order valence-corrected chi connectivity index (χ0v) is 20.7. The van der Waals surface area contributed by atoms with Crippen LogP contribution in [0.15, 0.2) is 29.4 Å². The average molecular weight is 526 g/mol. The van der Waals surface area contributed by atoms with Crippen molar-refractivity contribution in [3.63, 3.8) is 0 Å². The zero-order chi connectivity index (χ0) is 20.5. The second kappa shape index (κ2) is 12.8. The number of nitrogens with zero attached hydrogens (tertiary/aromatic N) is 4. The van der Waals surface area contributed by atoms with Gasteiger partial charge in [-0.1, -0.05) is 6.42 Å². The fraction of sp³-hybridized carbons (Fsp3) is 0.591. The third kappa shape index (κ3) is 7.77. The maximum absolute atomic E-state index is 6.07. The summed E-state index contributed by atoms with van der Waals surface area (Å²) in [6.07, 6.45) is 9.23. The first-order chi connectivity index (χ1) is 14.1. The van der Waals surface area contributed by atoms with Gasteiger partial charge in [-0.05, 0) is 63.6 Å². The molecule has 2 N–H and O–H groups in total. The molecular formula is C22H35IN6O. The number of aliphatic imine (C=N–C) groups is 1. The molecule has 0 radical (unpaired) electrons. The van der Waals surface area contributed by atoms with Crippen LogP contribution in [0.1, 0.15) is 55.5 Å². The fourth-order valence-electron chi connectivity index (χ4n) is 3.72. The number of aryl methyl sites for hydroxylation is 3. The van der Waals surface area contributed by atoms with Crippen LogP contribution < -0.4 is 15.4 Å². The van der Waals surface area contributed by atoms with Crippen LogP contribution >= 0.6 is 24.0 Å². The van der Waals surface area contributed by atoms with Gasteiger partial charge in [-0.25, -0.2) is 4.98 Å². The molecule has 30 heavy (non-hydrogen) atoms. The van der Waals surface area contributed by atoms with Gasteiger partial charge in [0.15, 0.2) is 5.96 Å². The third-order valence-corrected chi connectivity index (χ3v) is 5.26. The highest BCUT2D eigenvalue weighted by atomic mass is 127.